The molecule has 0 saturated carbocycles. The van der Waals surface area contributed by atoms with Crippen molar-refractivity contribution in [2.24, 2.45) is 0 Å². The SMILES string of the molecule is CCCCOCCOc1ccc(C(C)NC)cn1. The molecule has 1 atom stereocenters. The number of aromatic nitrogens is 1. The Morgan fingerprint density at radius 1 is 1.28 bits per heavy atom. The predicted molar refractivity (Wildman–Crippen MR) is 72.9 cm³/mol. The monoisotopic (exact) mass is 252 g/mol. The van der Waals surface area contributed by atoms with Crippen LogP contribution in [0.4, 0.5) is 0 Å². The third-order valence-electron chi connectivity index (χ3n) is 2.81. The fourth-order valence-electron chi connectivity index (χ4n) is 1.45. The Kier molecular flexibility index (Phi) is 7.37. The minimum absolute atomic E-state index is 0.309. The van der Waals surface area contributed by atoms with Gasteiger partial charge in [0.1, 0.15) is 6.61 Å². The molecular formula is C14H24N2O2. The van der Waals surface area contributed by atoms with Gasteiger partial charge in [0.25, 0.3) is 0 Å². The van der Waals surface area contributed by atoms with E-state index >= 15 is 0 Å². The van der Waals surface area contributed by atoms with Crippen molar-refractivity contribution in [3.05, 3.63) is 23.9 Å². The summed E-state index contributed by atoms with van der Waals surface area (Å²) in [6.45, 7) is 6.23. The smallest absolute Gasteiger partial charge is 0.213 e. The van der Waals surface area contributed by atoms with E-state index in [1.54, 1.807) is 0 Å². The lowest BCUT2D eigenvalue weighted by molar-refractivity contribution is 0.0965. The lowest BCUT2D eigenvalue weighted by Crippen LogP contribution is -2.13. The summed E-state index contributed by atoms with van der Waals surface area (Å²) in [6, 6.07) is 4.24. The van der Waals surface area contributed by atoms with E-state index in [-0.39, 0.29) is 0 Å². The standard InChI is InChI=1S/C14H24N2O2/c1-4-5-8-17-9-10-18-14-7-6-13(11-16-14)12(2)15-3/h6-7,11-12,15H,4-5,8-10H2,1-3H3. The molecule has 1 heterocycles. The number of hydrogen-bond donors (Lipinski definition) is 1. The van der Waals surface area contributed by atoms with Crippen molar-refractivity contribution < 1.29 is 9.47 Å². The van der Waals surface area contributed by atoms with Crippen LogP contribution in [0.15, 0.2) is 18.3 Å². The Labute approximate surface area is 110 Å². The average molecular weight is 252 g/mol. The zero-order valence-corrected chi connectivity index (χ0v) is 11.6. The lowest BCUT2D eigenvalue weighted by atomic mass is 10.1. The molecule has 1 aromatic heterocycles. The molecule has 102 valence electrons. The molecule has 0 amide bonds. The number of nitrogens with zero attached hydrogens (tertiary/aromatic N) is 1. The predicted octanol–water partition coefficient (Wildman–Crippen LogP) is 2.56. The Hall–Kier alpha value is -1.13. The summed E-state index contributed by atoms with van der Waals surface area (Å²) in [6.07, 6.45) is 4.11. The molecule has 0 aliphatic carbocycles. The second-order valence-corrected chi connectivity index (χ2v) is 4.25. The molecule has 0 spiro atoms. The van der Waals surface area contributed by atoms with Crippen LogP contribution in [0.3, 0.4) is 0 Å². The van der Waals surface area contributed by atoms with Crippen molar-refractivity contribution in [1.29, 1.82) is 0 Å². The summed E-state index contributed by atoms with van der Waals surface area (Å²) < 4.78 is 10.9. The van der Waals surface area contributed by atoms with Gasteiger partial charge in [-0.25, -0.2) is 4.98 Å². The topological polar surface area (TPSA) is 43.4 Å². The number of unbranched alkanes of at least 4 members (excludes halogenated alkanes) is 1. The van der Waals surface area contributed by atoms with Gasteiger partial charge in [-0.05, 0) is 26.0 Å². The van der Waals surface area contributed by atoms with Crippen LogP contribution in [0.2, 0.25) is 0 Å². The summed E-state index contributed by atoms with van der Waals surface area (Å²) in [4.78, 5) is 4.26. The average Bonchev–Trinajstić information content (AvgIpc) is 2.42. The molecule has 0 bridgehead atoms. The van der Waals surface area contributed by atoms with Crippen molar-refractivity contribution >= 4 is 0 Å². The van der Waals surface area contributed by atoms with Crippen LogP contribution in [-0.2, 0) is 4.74 Å². The number of pyridine rings is 1. The number of rotatable bonds is 9. The van der Waals surface area contributed by atoms with E-state index in [1.165, 1.54) is 0 Å². The second kappa shape index (κ2) is 8.89. The first-order valence-corrected chi connectivity index (χ1v) is 6.61. The van der Waals surface area contributed by atoms with Gasteiger partial charge >= 0.3 is 0 Å². The molecule has 0 aromatic carbocycles. The van der Waals surface area contributed by atoms with Crippen LogP contribution >= 0.6 is 0 Å². The molecule has 4 nitrogen and oxygen atoms in total. The van der Waals surface area contributed by atoms with Crippen LogP contribution < -0.4 is 10.1 Å². The van der Waals surface area contributed by atoms with Gasteiger partial charge < -0.3 is 14.8 Å². The van der Waals surface area contributed by atoms with Gasteiger partial charge in [0.2, 0.25) is 5.88 Å². The van der Waals surface area contributed by atoms with Gasteiger partial charge in [-0.2, -0.15) is 0 Å². The Balaban J connectivity index is 2.22. The van der Waals surface area contributed by atoms with Crippen LogP contribution in [0, 0.1) is 0 Å². The zero-order valence-electron chi connectivity index (χ0n) is 11.6. The highest BCUT2D eigenvalue weighted by Crippen LogP contribution is 2.13. The first kappa shape index (κ1) is 14.9. The summed E-state index contributed by atoms with van der Waals surface area (Å²) in [5.74, 6) is 0.654. The van der Waals surface area contributed by atoms with Crippen LogP contribution in [-0.4, -0.2) is 31.9 Å². The molecule has 1 N–H and O–H groups in total. The van der Waals surface area contributed by atoms with Gasteiger partial charge in [-0.3, -0.25) is 0 Å². The fourth-order valence-corrected chi connectivity index (χ4v) is 1.45. The van der Waals surface area contributed by atoms with Gasteiger partial charge in [-0.1, -0.05) is 19.4 Å². The highest BCUT2D eigenvalue weighted by Gasteiger charge is 2.03. The minimum Gasteiger partial charge on any atom is -0.475 e. The van der Waals surface area contributed by atoms with E-state index < -0.39 is 0 Å². The first-order chi connectivity index (χ1) is 8.77. The number of hydrogen-bond acceptors (Lipinski definition) is 4. The van der Waals surface area contributed by atoms with E-state index in [0.717, 1.165) is 25.0 Å². The molecule has 1 unspecified atom stereocenters. The highest BCUT2D eigenvalue weighted by molar-refractivity contribution is 5.20. The van der Waals surface area contributed by atoms with Gasteiger partial charge in [0, 0.05) is 24.9 Å². The summed E-state index contributed by atoms with van der Waals surface area (Å²) in [7, 11) is 1.93. The van der Waals surface area contributed by atoms with Gasteiger partial charge in [-0.15, -0.1) is 0 Å². The summed E-state index contributed by atoms with van der Waals surface area (Å²) >= 11 is 0. The maximum atomic E-state index is 5.50. The van der Waals surface area contributed by atoms with Gasteiger partial charge in [0.15, 0.2) is 0 Å². The highest BCUT2D eigenvalue weighted by atomic mass is 16.5. The molecular weight excluding hydrogens is 228 g/mol. The Morgan fingerprint density at radius 3 is 2.72 bits per heavy atom. The van der Waals surface area contributed by atoms with E-state index in [1.807, 2.05) is 25.4 Å². The minimum atomic E-state index is 0.309. The first-order valence-electron chi connectivity index (χ1n) is 6.61. The molecule has 0 aliphatic rings. The molecule has 0 aliphatic heterocycles. The van der Waals surface area contributed by atoms with Crippen molar-refractivity contribution in [2.75, 3.05) is 26.9 Å². The van der Waals surface area contributed by atoms with Crippen LogP contribution in [0.1, 0.15) is 38.3 Å². The van der Waals surface area contributed by atoms with Gasteiger partial charge in [0.05, 0.1) is 6.61 Å². The number of nitrogens with one attached hydrogen (secondary N) is 1. The van der Waals surface area contributed by atoms with Crippen molar-refractivity contribution in [3.8, 4) is 5.88 Å². The van der Waals surface area contributed by atoms with Crippen LogP contribution in [0.25, 0.3) is 0 Å². The van der Waals surface area contributed by atoms with E-state index in [0.29, 0.717) is 25.1 Å². The summed E-state index contributed by atoms with van der Waals surface area (Å²) in [5.41, 5.74) is 1.16. The van der Waals surface area contributed by atoms with Crippen LogP contribution in [0.5, 0.6) is 5.88 Å². The third-order valence-corrected chi connectivity index (χ3v) is 2.81. The lowest BCUT2D eigenvalue weighted by Gasteiger charge is -2.11. The fraction of sp³-hybridized carbons (Fsp3) is 0.643. The molecule has 1 aromatic rings. The maximum Gasteiger partial charge on any atom is 0.213 e. The molecule has 0 saturated heterocycles. The largest absolute Gasteiger partial charge is 0.475 e. The molecule has 18 heavy (non-hydrogen) atoms. The molecule has 1 rings (SSSR count). The third kappa shape index (κ3) is 5.47. The van der Waals surface area contributed by atoms with E-state index in [4.69, 9.17) is 9.47 Å². The number of ether oxygens (including phenoxy) is 2. The molecule has 0 radical (unpaired) electrons. The van der Waals surface area contributed by atoms with E-state index in [2.05, 4.69) is 24.1 Å². The maximum absolute atomic E-state index is 5.50. The zero-order chi connectivity index (χ0) is 13.2. The van der Waals surface area contributed by atoms with Crippen molar-refractivity contribution in [1.82, 2.24) is 10.3 Å². The van der Waals surface area contributed by atoms with Crippen molar-refractivity contribution in [2.45, 2.75) is 32.7 Å². The quantitative estimate of drug-likeness (QED) is 0.686. The van der Waals surface area contributed by atoms with E-state index in [9.17, 15) is 0 Å². The molecule has 0 fully saturated rings. The second-order valence-electron chi connectivity index (χ2n) is 4.25. The summed E-state index contributed by atoms with van der Waals surface area (Å²) in [5, 5.41) is 3.17. The normalized spacial score (nSPS) is 12.4. The van der Waals surface area contributed by atoms with Crippen molar-refractivity contribution in [3.63, 3.8) is 0 Å². The molecule has 4 heteroatoms. The Bertz CT molecular complexity index is 314. The Morgan fingerprint density at radius 2 is 2.11 bits per heavy atom.